The van der Waals surface area contributed by atoms with Crippen LogP contribution in [0, 0.1) is 0 Å². The summed E-state index contributed by atoms with van der Waals surface area (Å²) in [5.74, 6) is 0.351. The molecule has 0 saturated carbocycles. The van der Waals surface area contributed by atoms with Crippen LogP contribution < -0.4 is 0 Å². The maximum absolute atomic E-state index is 11.6. The minimum absolute atomic E-state index is 0.158. The SMILES string of the molecule is CS(=O)(=O)c1cccc(C2CC[N+](O)(CCI)CC2)c1. The fourth-order valence-corrected chi connectivity index (χ4v) is 4.34. The Bertz CT molecular complexity index is 566. The standard InChI is InChI=1S/C14H21INO3S/c1-20(18,19)14-4-2-3-13(11-14)12-5-8-16(17,9-6-12)10-7-15/h2-4,11-12,17H,5-10H2,1H3/q+1. The first-order chi connectivity index (χ1) is 9.34. The van der Waals surface area contributed by atoms with Gasteiger partial charge in [-0.3, -0.25) is 0 Å². The highest BCUT2D eigenvalue weighted by Gasteiger charge is 2.33. The lowest BCUT2D eigenvalue weighted by atomic mass is 9.89. The maximum atomic E-state index is 11.6. The second-order valence-electron chi connectivity index (χ2n) is 5.57. The van der Waals surface area contributed by atoms with Crippen molar-refractivity contribution in [2.75, 3.05) is 30.3 Å². The van der Waals surface area contributed by atoms with Crippen molar-refractivity contribution in [1.29, 1.82) is 0 Å². The van der Waals surface area contributed by atoms with Crippen LogP contribution in [0.3, 0.4) is 0 Å². The summed E-state index contributed by atoms with van der Waals surface area (Å²) in [6.07, 6.45) is 3.05. The van der Waals surface area contributed by atoms with Gasteiger partial charge in [-0.15, -0.1) is 0 Å². The molecule has 0 aromatic heterocycles. The summed E-state index contributed by atoms with van der Waals surface area (Å²) < 4.78 is 24.3. The summed E-state index contributed by atoms with van der Waals surface area (Å²) >= 11 is 2.29. The number of hydrogen-bond acceptors (Lipinski definition) is 3. The zero-order chi connectivity index (χ0) is 14.8. The number of sulfone groups is 1. The van der Waals surface area contributed by atoms with Crippen LogP contribution in [0.1, 0.15) is 24.3 Å². The lowest BCUT2D eigenvalue weighted by Gasteiger charge is -2.36. The Balaban J connectivity index is 2.11. The summed E-state index contributed by atoms with van der Waals surface area (Å²) in [5.41, 5.74) is 1.08. The van der Waals surface area contributed by atoms with E-state index in [1.54, 1.807) is 12.1 Å². The molecule has 112 valence electrons. The third kappa shape index (κ3) is 3.93. The number of hydrogen-bond donors (Lipinski definition) is 1. The van der Waals surface area contributed by atoms with Gasteiger partial charge in [0, 0.05) is 19.1 Å². The maximum Gasteiger partial charge on any atom is 0.175 e. The molecule has 4 nitrogen and oxygen atoms in total. The summed E-state index contributed by atoms with van der Waals surface area (Å²) in [4.78, 5) is 0.387. The average molecular weight is 410 g/mol. The first-order valence-electron chi connectivity index (χ1n) is 6.79. The van der Waals surface area contributed by atoms with Gasteiger partial charge < -0.3 is 0 Å². The number of nitrogens with zero attached hydrogens (tertiary/aromatic N) is 1. The first-order valence-corrected chi connectivity index (χ1v) is 10.2. The van der Waals surface area contributed by atoms with Crippen LogP contribution in [0.2, 0.25) is 0 Å². The molecule has 1 N–H and O–H groups in total. The molecule has 0 aliphatic carbocycles. The molecule has 0 unspecified atom stereocenters. The smallest absolute Gasteiger partial charge is 0.175 e. The van der Waals surface area contributed by atoms with Gasteiger partial charge in [0.15, 0.2) is 9.84 Å². The molecule has 0 atom stereocenters. The molecule has 0 spiro atoms. The van der Waals surface area contributed by atoms with Crippen molar-refractivity contribution in [2.45, 2.75) is 23.7 Å². The van der Waals surface area contributed by atoms with Gasteiger partial charge in [0.1, 0.15) is 19.6 Å². The van der Waals surface area contributed by atoms with E-state index in [1.807, 2.05) is 12.1 Å². The molecule has 1 saturated heterocycles. The summed E-state index contributed by atoms with van der Waals surface area (Å²) in [6.45, 7) is 2.28. The van der Waals surface area contributed by atoms with Crippen molar-refractivity contribution in [3.8, 4) is 0 Å². The molecule has 1 heterocycles. The highest BCUT2D eigenvalue weighted by Crippen LogP contribution is 2.31. The molecule has 0 radical (unpaired) electrons. The van der Waals surface area contributed by atoms with Gasteiger partial charge in [0.2, 0.25) is 0 Å². The topological polar surface area (TPSA) is 54.4 Å². The van der Waals surface area contributed by atoms with E-state index in [0.717, 1.165) is 42.5 Å². The van der Waals surface area contributed by atoms with Gasteiger partial charge in [0.05, 0.1) is 9.32 Å². The van der Waals surface area contributed by atoms with Crippen LogP contribution in [0.5, 0.6) is 0 Å². The van der Waals surface area contributed by atoms with Crippen LogP contribution in [-0.2, 0) is 9.84 Å². The van der Waals surface area contributed by atoms with E-state index in [1.165, 1.54) is 6.26 Å². The van der Waals surface area contributed by atoms with E-state index in [9.17, 15) is 13.6 Å². The van der Waals surface area contributed by atoms with Crippen LogP contribution in [0.25, 0.3) is 0 Å². The minimum Gasteiger partial charge on any atom is -0.224 e. The molecule has 20 heavy (non-hydrogen) atoms. The second-order valence-corrected chi connectivity index (χ2v) is 8.67. The van der Waals surface area contributed by atoms with Gasteiger partial charge >= 0.3 is 0 Å². The number of halogens is 1. The Labute approximate surface area is 134 Å². The molecule has 1 aromatic carbocycles. The van der Waals surface area contributed by atoms with Gasteiger partial charge in [-0.2, -0.15) is 4.65 Å². The molecule has 6 heteroatoms. The quantitative estimate of drug-likeness (QED) is 0.472. The van der Waals surface area contributed by atoms with Gasteiger partial charge in [-0.25, -0.2) is 13.6 Å². The van der Waals surface area contributed by atoms with E-state index >= 15 is 0 Å². The molecule has 1 aliphatic heterocycles. The van der Waals surface area contributed by atoms with Crippen molar-refractivity contribution in [3.63, 3.8) is 0 Å². The van der Waals surface area contributed by atoms with E-state index < -0.39 is 9.84 Å². The van der Waals surface area contributed by atoms with Crippen LogP contribution >= 0.6 is 22.6 Å². The lowest BCUT2D eigenvalue weighted by Crippen LogP contribution is -2.51. The number of benzene rings is 1. The van der Waals surface area contributed by atoms with E-state index in [0.29, 0.717) is 10.8 Å². The highest BCUT2D eigenvalue weighted by molar-refractivity contribution is 14.1. The molecular formula is C14H21INO3S+. The Morgan fingerprint density at radius 1 is 1.35 bits per heavy atom. The molecule has 1 fully saturated rings. The highest BCUT2D eigenvalue weighted by atomic mass is 127. The minimum atomic E-state index is -3.15. The second kappa shape index (κ2) is 6.29. The van der Waals surface area contributed by atoms with E-state index in [4.69, 9.17) is 0 Å². The summed E-state index contributed by atoms with van der Waals surface area (Å²) in [6, 6.07) is 7.24. The van der Waals surface area contributed by atoms with Crippen molar-refractivity contribution in [2.24, 2.45) is 0 Å². The zero-order valence-electron chi connectivity index (χ0n) is 11.6. The van der Waals surface area contributed by atoms with Gasteiger partial charge in [-0.05, 0) is 23.6 Å². The van der Waals surface area contributed by atoms with E-state index in [-0.39, 0.29) is 4.65 Å². The fraction of sp³-hybridized carbons (Fsp3) is 0.571. The third-order valence-electron chi connectivity index (χ3n) is 4.05. The number of hydroxylamine groups is 3. The first kappa shape index (κ1) is 16.2. The van der Waals surface area contributed by atoms with Crippen LogP contribution in [-0.4, -0.2) is 48.6 Å². The van der Waals surface area contributed by atoms with Crippen molar-refractivity contribution in [1.82, 2.24) is 0 Å². The Kier molecular flexibility index (Phi) is 5.09. The van der Waals surface area contributed by atoms with Gasteiger partial charge in [-0.1, -0.05) is 34.7 Å². The monoisotopic (exact) mass is 410 g/mol. The van der Waals surface area contributed by atoms with E-state index in [2.05, 4.69) is 22.6 Å². The Morgan fingerprint density at radius 3 is 2.55 bits per heavy atom. The van der Waals surface area contributed by atoms with Crippen molar-refractivity contribution < 1.29 is 18.3 Å². The molecule has 2 rings (SSSR count). The predicted molar refractivity (Wildman–Crippen MR) is 87.1 cm³/mol. The van der Waals surface area contributed by atoms with Gasteiger partial charge in [0.25, 0.3) is 0 Å². The number of piperidine rings is 1. The van der Waals surface area contributed by atoms with Crippen LogP contribution in [0.4, 0.5) is 0 Å². The number of quaternary nitrogens is 1. The molecule has 0 amide bonds. The van der Waals surface area contributed by atoms with Crippen molar-refractivity contribution >= 4 is 32.4 Å². The normalized spacial score (nSPS) is 27.4. The summed E-state index contributed by atoms with van der Waals surface area (Å²) in [5, 5.41) is 10.4. The fourth-order valence-electron chi connectivity index (χ4n) is 2.76. The number of alkyl halides is 1. The number of rotatable bonds is 4. The lowest BCUT2D eigenvalue weighted by molar-refractivity contribution is -1.10. The van der Waals surface area contributed by atoms with Crippen molar-refractivity contribution in [3.05, 3.63) is 29.8 Å². The summed E-state index contributed by atoms with van der Waals surface area (Å²) in [7, 11) is -3.15. The molecule has 0 bridgehead atoms. The predicted octanol–water partition coefficient (Wildman–Crippen LogP) is 2.61. The Hall–Kier alpha value is -0.180. The molecule has 1 aliphatic rings. The average Bonchev–Trinajstić information content (AvgIpc) is 2.39. The van der Waals surface area contributed by atoms with Crippen LogP contribution in [0.15, 0.2) is 29.2 Å². The zero-order valence-corrected chi connectivity index (χ0v) is 14.6. The largest absolute Gasteiger partial charge is 0.224 e. The molecular weight excluding hydrogens is 389 g/mol. The molecule has 1 aromatic rings. The third-order valence-corrected chi connectivity index (χ3v) is 5.64. The number of likely N-dealkylation sites (tertiary alicyclic amines) is 1. The Morgan fingerprint density at radius 2 is 2.00 bits per heavy atom.